The molecule has 3 rings (SSSR count). The van der Waals surface area contributed by atoms with Crippen LogP contribution in [0.1, 0.15) is 68.9 Å². The monoisotopic (exact) mass is 284 g/mol. The molecule has 0 heterocycles. The predicted molar refractivity (Wildman–Crippen MR) is 87.4 cm³/mol. The molecule has 0 amide bonds. The SMILES string of the molecule is O=C1[C@@H]2CCCCCCCCC[C@H]1Cc1ccccc1C2. The first-order chi connectivity index (χ1) is 10.3. The lowest BCUT2D eigenvalue weighted by atomic mass is 9.83. The summed E-state index contributed by atoms with van der Waals surface area (Å²) in [5, 5.41) is 0. The third kappa shape index (κ3) is 3.75. The van der Waals surface area contributed by atoms with Crippen molar-refractivity contribution in [3.05, 3.63) is 35.4 Å². The van der Waals surface area contributed by atoms with Gasteiger partial charge in [-0.25, -0.2) is 0 Å². The van der Waals surface area contributed by atoms with Crippen LogP contribution in [-0.4, -0.2) is 5.78 Å². The van der Waals surface area contributed by atoms with E-state index in [2.05, 4.69) is 24.3 Å². The first-order valence-electron chi connectivity index (χ1n) is 8.95. The number of carbonyl (C=O) groups is 1. The standard InChI is InChI=1S/C20H28O/c21-20-18-12-6-4-2-1-3-5-7-13-19(20)15-17-11-9-8-10-16(17)14-18/h8-11,18-19H,1-7,12-15H2/t18-,19+. The maximum atomic E-state index is 12.9. The highest BCUT2D eigenvalue weighted by molar-refractivity contribution is 5.84. The van der Waals surface area contributed by atoms with Crippen LogP contribution in [0, 0.1) is 11.8 Å². The molecule has 1 saturated carbocycles. The van der Waals surface area contributed by atoms with Crippen molar-refractivity contribution in [3.8, 4) is 0 Å². The maximum absolute atomic E-state index is 12.9. The number of ketones is 1. The Bertz CT molecular complexity index is 435. The fourth-order valence-corrected chi connectivity index (χ4v) is 4.18. The zero-order valence-electron chi connectivity index (χ0n) is 13.2. The molecule has 2 bridgehead atoms. The molecular formula is C20H28O. The van der Waals surface area contributed by atoms with Crippen LogP contribution in [0.3, 0.4) is 0 Å². The average Bonchev–Trinajstić information content (AvgIpc) is 2.63. The van der Waals surface area contributed by atoms with E-state index in [1.165, 1.54) is 56.1 Å². The zero-order valence-corrected chi connectivity index (χ0v) is 13.2. The van der Waals surface area contributed by atoms with Crippen LogP contribution in [-0.2, 0) is 17.6 Å². The Kier molecular flexibility index (Phi) is 5.11. The van der Waals surface area contributed by atoms with Gasteiger partial charge in [0, 0.05) is 11.8 Å². The van der Waals surface area contributed by atoms with Gasteiger partial charge in [-0.15, -0.1) is 0 Å². The Morgan fingerprint density at radius 1 is 0.667 bits per heavy atom. The summed E-state index contributed by atoms with van der Waals surface area (Å²) in [7, 11) is 0. The maximum Gasteiger partial charge on any atom is 0.139 e. The van der Waals surface area contributed by atoms with Gasteiger partial charge >= 0.3 is 0 Å². The summed E-state index contributed by atoms with van der Waals surface area (Å²) in [6, 6.07) is 8.76. The summed E-state index contributed by atoms with van der Waals surface area (Å²) in [4.78, 5) is 12.9. The molecule has 2 atom stereocenters. The summed E-state index contributed by atoms with van der Waals surface area (Å²) in [6.07, 6.45) is 13.4. The third-order valence-electron chi connectivity index (χ3n) is 5.46. The minimum Gasteiger partial charge on any atom is -0.299 e. The van der Waals surface area contributed by atoms with E-state index >= 15 is 0 Å². The molecule has 21 heavy (non-hydrogen) atoms. The van der Waals surface area contributed by atoms with Gasteiger partial charge in [-0.2, -0.15) is 0 Å². The molecule has 1 aromatic carbocycles. The molecule has 0 unspecified atom stereocenters. The minimum absolute atomic E-state index is 0.290. The minimum atomic E-state index is 0.290. The van der Waals surface area contributed by atoms with E-state index in [0.717, 1.165) is 25.7 Å². The molecule has 114 valence electrons. The summed E-state index contributed by atoms with van der Waals surface area (Å²) in [5.41, 5.74) is 2.88. The normalized spacial score (nSPS) is 27.9. The van der Waals surface area contributed by atoms with Crippen molar-refractivity contribution in [2.75, 3.05) is 0 Å². The predicted octanol–water partition coefficient (Wildman–Crippen LogP) is 5.11. The van der Waals surface area contributed by atoms with Crippen molar-refractivity contribution in [1.82, 2.24) is 0 Å². The van der Waals surface area contributed by atoms with Gasteiger partial charge in [-0.05, 0) is 36.8 Å². The first-order valence-corrected chi connectivity index (χ1v) is 8.95. The van der Waals surface area contributed by atoms with Gasteiger partial charge in [0.1, 0.15) is 5.78 Å². The Balaban J connectivity index is 1.82. The molecule has 0 saturated heterocycles. The smallest absolute Gasteiger partial charge is 0.139 e. The number of rotatable bonds is 0. The van der Waals surface area contributed by atoms with Crippen molar-refractivity contribution < 1.29 is 4.79 Å². The van der Waals surface area contributed by atoms with Crippen molar-refractivity contribution in [3.63, 3.8) is 0 Å². The molecule has 1 nitrogen and oxygen atoms in total. The van der Waals surface area contributed by atoms with E-state index in [1.54, 1.807) is 0 Å². The highest BCUT2D eigenvalue weighted by atomic mass is 16.1. The van der Waals surface area contributed by atoms with Crippen molar-refractivity contribution in [1.29, 1.82) is 0 Å². The van der Waals surface area contributed by atoms with Gasteiger partial charge in [0.25, 0.3) is 0 Å². The molecule has 2 aliphatic rings. The van der Waals surface area contributed by atoms with Gasteiger partial charge in [-0.1, -0.05) is 69.2 Å². The van der Waals surface area contributed by atoms with E-state index in [0.29, 0.717) is 5.78 Å². The lowest BCUT2D eigenvalue weighted by Gasteiger charge is -2.20. The second-order valence-corrected chi connectivity index (χ2v) is 7.03. The van der Waals surface area contributed by atoms with Crippen molar-refractivity contribution in [2.45, 2.75) is 70.6 Å². The molecule has 0 N–H and O–H groups in total. The zero-order chi connectivity index (χ0) is 14.5. The second-order valence-electron chi connectivity index (χ2n) is 7.03. The lowest BCUT2D eigenvalue weighted by Crippen LogP contribution is -2.24. The molecule has 1 aromatic rings. The van der Waals surface area contributed by atoms with Crippen molar-refractivity contribution >= 4 is 5.78 Å². The summed E-state index contributed by atoms with van der Waals surface area (Å²) in [6.45, 7) is 0. The van der Waals surface area contributed by atoms with Crippen LogP contribution in [0.2, 0.25) is 0 Å². The Labute approximate surface area is 129 Å². The van der Waals surface area contributed by atoms with Crippen LogP contribution in [0.4, 0.5) is 0 Å². The second kappa shape index (κ2) is 7.24. The van der Waals surface area contributed by atoms with Crippen LogP contribution in [0.15, 0.2) is 24.3 Å². The molecule has 0 aliphatic heterocycles. The molecular weight excluding hydrogens is 256 g/mol. The lowest BCUT2D eigenvalue weighted by molar-refractivity contribution is -0.127. The van der Waals surface area contributed by atoms with Crippen LogP contribution in [0.25, 0.3) is 0 Å². The Morgan fingerprint density at radius 3 is 1.57 bits per heavy atom. The van der Waals surface area contributed by atoms with Crippen LogP contribution in [0.5, 0.6) is 0 Å². The van der Waals surface area contributed by atoms with Crippen LogP contribution < -0.4 is 0 Å². The Hall–Kier alpha value is -1.11. The largest absolute Gasteiger partial charge is 0.299 e. The number of hydrogen-bond donors (Lipinski definition) is 0. The number of Topliss-reactive ketones (excluding diaryl/α,β-unsaturated/α-hetero) is 1. The van der Waals surface area contributed by atoms with Gasteiger partial charge in [0.2, 0.25) is 0 Å². The molecule has 0 radical (unpaired) electrons. The van der Waals surface area contributed by atoms with Crippen molar-refractivity contribution in [2.24, 2.45) is 11.8 Å². The number of carbonyl (C=O) groups excluding carboxylic acids is 1. The summed E-state index contributed by atoms with van der Waals surface area (Å²) >= 11 is 0. The molecule has 2 aliphatic carbocycles. The third-order valence-corrected chi connectivity index (χ3v) is 5.46. The van der Waals surface area contributed by atoms with Crippen LogP contribution >= 0.6 is 0 Å². The fourth-order valence-electron chi connectivity index (χ4n) is 4.18. The number of benzene rings is 1. The van der Waals surface area contributed by atoms with Gasteiger partial charge in [0.15, 0.2) is 0 Å². The van der Waals surface area contributed by atoms with E-state index in [1.807, 2.05) is 0 Å². The average molecular weight is 284 g/mol. The van der Waals surface area contributed by atoms with E-state index in [4.69, 9.17) is 0 Å². The first kappa shape index (κ1) is 14.8. The summed E-state index contributed by atoms with van der Waals surface area (Å²) < 4.78 is 0. The molecule has 1 fully saturated rings. The molecule has 0 spiro atoms. The highest BCUT2D eigenvalue weighted by Gasteiger charge is 2.30. The summed E-state index contributed by atoms with van der Waals surface area (Å²) in [5.74, 6) is 1.16. The number of hydrogen-bond acceptors (Lipinski definition) is 1. The van der Waals surface area contributed by atoms with E-state index < -0.39 is 0 Å². The van der Waals surface area contributed by atoms with E-state index in [-0.39, 0.29) is 11.8 Å². The fraction of sp³-hybridized carbons (Fsp3) is 0.650. The topological polar surface area (TPSA) is 17.1 Å². The van der Waals surface area contributed by atoms with E-state index in [9.17, 15) is 4.79 Å². The number of fused-ring (bicyclic) bond motifs is 3. The van der Waals surface area contributed by atoms with Gasteiger partial charge < -0.3 is 0 Å². The highest BCUT2D eigenvalue weighted by Crippen LogP contribution is 2.32. The van der Waals surface area contributed by atoms with Gasteiger partial charge in [-0.3, -0.25) is 4.79 Å². The molecule has 0 aromatic heterocycles. The molecule has 1 heteroatoms. The van der Waals surface area contributed by atoms with Gasteiger partial charge in [0.05, 0.1) is 0 Å². The quantitative estimate of drug-likeness (QED) is 0.647. The Morgan fingerprint density at radius 2 is 1.10 bits per heavy atom.